The van der Waals surface area contributed by atoms with Crippen molar-refractivity contribution < 1.29 is 32.2 Å². The third-order valence-electron chi connectivity index (χ3n) is 5.19. The quantitative estimate of drug-likeness (QED) is 0.514. The molecule has 1 saturated heterocycles. The van der Waals surface area contributed by atoms with Crippen LogP contribution >= 0.6 is 0 Å². The molecule has 11 nitrogen and oxygen atoms in total. The van der Waals surface area contributed by atoms with Crippen LogP contribution in [0.25, 0.3) is 5.82 Å². The highest BCUT2D eigenvalue weighted by Crippen LogP contribution is 2.34. The van der Waals surface area contributed by atoms with Crippen molar-refractivity contribution in [2.45, 2.75) is 12.6 Å². The van der Waals surface area contributed by atoms with E-state index in [1.807, 2.05) is 4.90 Å². The Morgan fingerprint density at radius 3 is 2.44 bits per heavy atom. The summed E-state index contributed by atoms with van der Waals surface area (Å²) in [5.41, 5.74) is -1.80. The van der Waals surface area contributed by atoms with Crippen molar-refractivity contribution in [1.29, 1.82) is 0 Å². The zero-order valence-electron chi connectivity index (χ0n) is 18.8. The van der Waals surface area contributed by atoms with Gasteiger partial charge in [-0.25, -0.2) is 4.68 Å². The number of hydrogen-bond donors (Lipinski definition) is 1. The van der Waals surface area contributed by atoms with Crippen LogP contribution in [0.1, 0.15) is 22.5 Å². The molecule has 0 atom stereocenters. The average Bonchev–Trinajstić information content (AvgIpc) is 3.28. The molecule has 2 aromatic heterocycles. The van der Waals surface area contributed by atoms with Gasteiger partial charge >= 0.3 is 6.18 Å². The Morgan fingerprint density at radius 2 is 1.85 bits per heavy atom. The largest absolute Gasteiger partial charge is 0.480 e. The number of carbonyl (C=O) groups excluding carboxylic acids is 2. The molecule has 1 fully saturated rings. The van der Waals surface area contributed by atoms with Crippen molar-refractivity contribution in [2.75, 3.05) is 60.1 Å². The van der Waals surface area contributed by atoms with Gasteiger partial charge in [-0.05, 0) is 12.5 Å². The van der Waals surface area contributed by atoms with Gasteiger partial charge in [0.1, 0.15) is 0 Å². The summed E-state index contributed by atoms with van der Waals surface area (Å²) in [5.74, 6) is -1.02. The number of aromatic nitrogens is 4. The van der Waals surface area contributed by atoms with Crippen LogP contribution in [0.5, 0.6) is 5.88 Å². The van der Waals surface area contributed by atoms with Crippen LogP contribution in [-0.4, -0.2) is 102 Å². The van der Waals surface area contributed by atoms with E-state index in [1.165, 1.54) is 24.1 Å². The molecular weight excluding hydrogens is 459 g/mol. The lowest BCUT2D eigenvalue weighted by Gasteiger charge is -2.34. The summed E-state index contributed by atoms with van der Waals surface area (Å²) in [5, 5.41) is 13.9. The number of carbonyl (C=O) groups is 2. The number of nitrogens with zero attached hydrogens (tertiary/aromatic N) is 6. The maximum atomic E-state index is 13.9. The normalized spacial score (nSPS) is 14.8. The molecule has 3 rings (SSSR count). The van der Waals surface area contributed by atoms with E-state index in [-0.39, 0.29) is 37.2 Å². The Balaban J connectivity index is 1.66. The molecule has 0 unspecified atom stereocenters. The van der Waals surface area contributed by atoms with E-state index in [0.717, 1.165) is 6.20 Å². The highest BCUT2D eigenvalue weighted by atomic mass is 19.4. The van der Waals surface area contributed by atoms with E-state index in [0.29, 0.717) is 37.3 Å². The third-order valence-corrected chi connectivity index (χ3v) is 5.19. The fourth-order valence-electron chi connectivity index (χ4n) is 3.47. The lowest BCUT2D eigenvalue weighted by atomic mass is 10.2. The lowest BCUT2D eigenvalue weighted by Crippen LogP contribution is -2.51. The summed E-state index contributed by atoms with van der Waals surface area (Å²) >= 11 is 0. The smallest absolute Gasteiger partial charge is 0.434 e. The van der Waals surface area contributed by atoms with Gasteiger partial charge in [-0.2, -0.15) is 18.3 Å². The van der Waals surface area contributed by atoms with E-state index >= 15 is 0 Å². The maximum absolute atomic E-state index is 13.9. The first-order chi connectivity index (χ1) is 16.2. The fourth-order valence-corrected chi connectivity index (χ4v) is 3.47. The standard InChI is InChI=1S/C20H26F3N7O4/c1-33-11-3-6-24-16(31)13-28-7-9-29(10-8-28)19(32)14-12-25-30(18(14)20(21,22)23)15-4-5-17(34-2)27-26-15/h4-5,12H,3,6-11,13H2,1-2H3,(H,24,31). The summed E-state index contributed by atoms with van der Waals surface area (Å²) in [7, 11) is 2.93. The third kappa shape index (κ3) is 6.20. The van der Waals surface area contributed by atoms with E-state index in [2.05, 4.69) is 20.6 Å². The van der Waals surface area contributed by atoms with Gasteiger partial charge in [-0.1, -0.05) is 0 Å². The van der Waals surface area contributed by atoms with Crippen molar-refractivity contribution in [3.8, 4) is 11.7 Å². The first-order valence-electron chi connectivity index (χ1n) is 10.5. The number of hydrogen-bond acceptors (Lipinski definition) is 8. The molecule has 0 aliphatic carbocycles. The molecule has 186 valence electrons. The molecular formula is C20H26F3N7O4. The molecule has 0 spiro atoms. The van der Waals surface area contributed by atoms with Gasteiger partial charge in [0.2, 0.25) is 11.8 Å². The number of rotatable bonds is 9. The lowest BCUT2D eigenvalue weighted by molar-refractivity contribution is -0.143. The van der Waals surface area contributed by atoms with Gasteiger partial charge in [0.05, 0.1) is 25.4 Å². The first-order valence-corrected chi connectivity index (χ1v) is 10.5. The topological polar surface area (TPSA) is 115 Å². The van der Waals surface area contributed by atoms with Crippen molar-refractivity contribution >= 4 is 11.8 Å². The molecule has 14 heteroatoms. The summed E-state index contributed by atoms with van der Waals surface area (Å²) < 4.78 is 52.0. The summed E-state index contributed by atoms with van der Waals surface area (Å²) in [6.07, 6.45) is -3.27. The van der Waals surface area contributed by atoms with Crippen LogP contribution in [0.3, 0.4) is 0 Å². The van der Waals surface area contributed by atoms with Gasteiger partial charge in [0.25, 0.3) is 5.91 Å². The summed E-state index contributed by atoms with van der Waals surface area (Å²) in [4.78, 5) is 28.1. The molecule has 2 amide bonds. The van der Waals surface area contributed by atoms with Crippen LogP contribution in [0.4, 0.5) is 13.2 Å². The van der Waals surface area contributed by atoms with E-state index in [4.69, 9.17) is 9.47 Å². The van der Waals surface area contributed by atoms with Gasteiger partial charge in [0.15, 0.2) is 11.5 Å². The van der Waals surface area contributed by atoms with Crippen LogP contribution in [0.15, 0.2) is 18.3 Å². The number of alkyl halides is 3. The summed E-state index contributed by atoms with van der Waals surface area (Å²) in [6.45, 7) is 2.27. The second-order valence-corrected chi connectivity index (χ2v) is 7.51. The number of amides is 2. The Labute approximate surface area is 193 Å². The molecule has 1 N–H and O–H groups in total. The Hall–Kier alpha value is -3.26. The Bertz CT molecular complexity index is 974. The van der Waals surface area contributed by atoms with Crippen molar-refractivity contribution in [2.24, 2.45) is 0 Å². The molecule has 3 heterocycles. The molecule has 0 radical (unpaired) electrons. The highest BCUT2D eigenvalue weighted by Gasteiger charge is 2.42. The van der Waals surface area contributed by atoms with E-state index in [9.17, 15) is 22.8 Å². The van der Waals surface area contributed by atoms with E-state index < -0.39 is 23.3 Å². The highest BCUT2D eigenvalue weighted by molar-refractivity contribution is 5.95. The molecule has 0 bridgehead atoms. The van der Waals surface area contributed by atoms with Crippen LogP contribution < -0.4 is 10.1 Å². The van der Waals surface area contributed by atoms with Crippen molar-refractivity contribution in [3.63, 3.8) is 0 Å². The second-order valence-electron chi connectivity index (χ2n) is 7.51. The predicted octanol–water partition coefficient (Wildman–Crippen LogP) is 0.600. The zero-order chi connectivity index (χ0) is 24.7. The first kappa shape index (κ1) is 25.4. The van der Waals surface area contributed by atoms with Gasteiger partial charge in [-0.15, -0.1) is 10.2 Å². The van der Waals surface area contributed by atoms with Gasteiger partial charge in [-0.3, -0.25) is 14.5 Å². The number of nitrogens with one attached hydrogen (secondary N) is 1. The van der Waals surface area contributed by atoms with Crippen LogP contribution in [0.2, 0.25) is 0 Å². The summed E-state index contributed by atoms with van der Waals surface area (Å²) in [6, 6.07) is 2.61. The molecule has 1 aliphatic heterocycles. The van der Waals surface area contributed by atoms with E-state index in [1.54, 1.807) is 7.11 Å². The Morgan fingerprint density at radius 1 is 1.12 bits per heavy atom. The predicted molar refractivity (Wildman–Crippen MR) is 113 cm³/mol. The minimum atomic E-state index is -4.86. The van der Waals surface area contributed by atoms with Crippen molar-refractivity contribution in [3.05, 3.63) is 29.6 Å². The van der Waals surface area contributed by atoms with Gasteiger partial charge in [0, 0.05) is 52.5 Å². The van der Waals surface area contributed by atoms with Crippen LogP contribution in [-0.2, 0) is 15.7 Å². The molecule has 0 aromatic carbocycles. The number of methoxy groups -OCH3 is 2. The SMILES string of the molecule is COCCCNC(=O)CN1CCN(C(=O)c2cnn(-c3ccc(OC)nn3)c2C(F)(F)F)CC1. The second kappa shape index (κ2) is 11.2. The number of halogens is 3. The van der Waals surface area contributed by atoms with Crippen LogP contribution in [0, 0.1) is 0 Å². The minimum Gasteiger partial charge on any atom is -0.480 e. The monoisotopic (exact) mass is 485 g/mol. The fraction of sp³-hybridized carbons (Fsp3) is 0.550. The average molecular weight is 485 g/mol. The number of ether oxygens (including phenoxy) is 2. The zero-order valence-corrected chi connectivity index (χ0v) is 18.8. The Kier molecular flexibility index (Phi) is 8.39. The molecule has 1 aliphatic rings. The van der Waals surface area contributed by atoms with Gasteiger partial charge < -0.3 is 19.7 Å². The minimum absolute atomic E-state index is 0.127. The molecule has 0 saturated carbocycles. The number of piperazine rings is 1. The maximum Gasteiger partial charge on any atom is 0.434 e. The molecule has 2 aromatic rings. The van der Waals surface area contributed by atoms with Crippen molar-refractivity contribution in [1.82, 2.24) is 35.1 Å². The molecule has 34 heavy (non-hydrogen) atoms.